The van der Waals surface area contributed by atoms with E-state index in [4.69, 9.17) is 4.42 Å². The average Bonchev–Trinajstić information content (AvgIpc) is 3.05. The molecule has 5 heteroatoms. The van der Waals surface area contributed by atoms with E-state index in [9.17, 15) is 4.79 Å². The molecule has 0 radical (unpaired) electrons. The van der Waals surface area contributed by atoms with Gasteiger partial charge in [-0.25, -0.2) is 9.78 Å². The van der Waals surface area contributed by atoms with Gasteiger partial charge < -0.3 is 4.42 Å². The van der Waals surface area contributed by atoms with Gasteiger partial charge in [-0.2, -0.15) is 0 Å². The van der Waals surface area contributed by atoms with Crippen molar-refractivity contribution in [2.75, 3.05) is 0 Å². The smallest absolute Gasteiger partial charge is 0.346 e. The summed E-state index contributed by atoms with van der Waals surface area (Å²) in [5.74, 6) is 0. The number of rotatable bonds is 2. The van der Waals surface area contributed by atoms with Crippen molar-refractivity contribution < 1.29 is 4.42 Å². The van der Waals surface area contributed by atoms with E-state index >= 15 is 0 Å². The Morgan fingerprint density at radius 3 is 2.67 bits per heavy atom. The Bertz CT molecular complexity index is 1100. The van der Waals surface area contributed by atoms with Crippen molar-refractivity contribution in [1.82, 2.24) is 4.98 Å². The van der Waals surface area contributed by atoms with Crippen molar-refractivity contribution >= 4 is 38.2 Å². The largest absolute Gasteiger partial charge is 0.422 e. The van der Waals surface area contributed by atoms with Gasteiger partial charge in [-0.1, -0.05) is 39.7 Å². The van der Waals surface area contributed by atoms with Crippen LogP contribution in [0.4, 0.5) is 0 Å². The topological polar surface area (TPSA) is 43.1 Å². The zero-order valence-corrected chi connectivity index (χ0v) is 15.1. The molecule has 2 aromatic carbocycles. The Kier molecular flexibility index (Phi) is 3.82. The van der Waals surface area contributed by atoms with Crippen LogP contribution in [0.1, 0.15) is 5.56 Å². The van der Waals surface area contributed by atoms with Crippen LogP contribution in [0.3, 0.4) is 0 Å². The second kappa shape index (κ2) is 6.00. The minimum Gasteiger partial charge on any atom is -0.422 e. The molecule has 0 atom stereocenters. The molecule has 0 aliphatic heterocycles. The van der Waals surface area contributed by atoms with Gasteiger partial charge in [-0.3, -0.25) is 0 Å². The lowest BCUT2D eigenvalue weighted by atomic mass is 10.1. The fourth-order valence-corrected chi connectivity index (χ4v) is 3.64. The van der Waals surface area contributed by atoms with Gasteiger partial charge in [0.05, 0.1) is 11.3 Å². The molecule has 0 amide bonds. The highest BCUT2D eigenvalue weighted by molar-refractivity contribution is 9.10. The number of hydrogen-bond acceptors (Lipinski definition) is 4. The predicted octanol–water partition coefficient (Wildman–Crippen LogP) is 5.65. The summed E-state index contributed by atoms with van der Waals surface area (Å²) in [6.45, 7) is 2.01. The molecule has 0 aliphatic rings. The van der Waals surface area contributed by atoms with Gasteiger partial charge in [-0.15, -0.1) is 11.3 Å². The standard InChI is InChI=1S/C19H12BrNO2S/c1-11-2-7-17-13(8-11)9-15(19(22)23-17)18-21-16(10-24-18)12-3-5-14(20)6-4-12/h2-10H,1H3. The zero-order valence-electron chi connectivity index (χ0n) is 12.7. The number of aryl methyl sites for hydroxylation is 1. The Balaban J connectivity index is 1.81. The number of aromatic nitrogens is 1. The third-order valence-electron chi connectivity index (χ3n) is 3.76. The van der Waals surface area contributed by atoms with E-state index in [2.05, 4.69) is 20.9 Å². The van der Waals surface area contributed by atoms with Gasteiger partial charge in [-0.05, 0) is 37.3 Å². The first-order valence-corrected chi connectivity index (χ1v) is 9.04. The van der Waals surface area contributed by atoms with Gasteiger partial charge in [0, 0.05) is 20.8 Å². The predicted molar refractivity (Wildman–Crippen MR) is 101 cm³/mol. The molecule has 2 aromatic heterocycles. The number of benzene rings is 2. The van der Waals surface area contributed by atoms with E-state index < -0.39 is 0 Å². The van der Waals surface area contributed by atoms with E-state index in [1.165, 1.54) is 11.3 Å². The van der Waals surface area contributed by atoms with Gasteiger partial charge in [0.25, 0.3) is 0 Å². The Morgan fingerprint density at radius 1 is 1.08 bits per heavy atom. The van der Waals surface area contributed by atoms with Gasteiger partial charge in [0.2, 0.25) is 0 Å². The Morgan fingerprint density at radius 2 is 1.88 bits per heavy atom. The summed E-state index contributed by atoms with van der Waals surface area (Å²) < 4.78 is 6.46. The number of thiazole rings is 1. The fourth-order valence-electron chi connectivity index (χ4n) is 2.54. The molecule has 0 fully saturated rings. The monoisotopic (exact) mass is 397 g/mol. The lowest BCUT2D eigenvalue weighted by Gasteiger charge is -2.01. The van der Waals surface area contributed by atoms with Gasteiger partial charge >= 0.3 is 5.63 Å². The molecule has 3 nitrogen and oxygen atoms in total. The number of nitrogens with zero attached hydrogens (tertiary/aromatic N) is 1. The normalized spacial score (nSPS) is 11.1. The molecule has 4 rings (SSSR count). The molecule has 118 valence electrons. The van der Waals surface area contributed by atoms with Crippen LogP contribution in [0, 0.1) is 6.92 Å². The molecule has 2 heterocycles. The highest BCUT2D eigenvalue weighted by atomic mass is 79.9. The highest BCUT2D eigenvalue weighted by Gasteiger charge is 2.13. The molecule has 4 aromatic rings. The first-order valence-electron chi connectivity index (χ1n) is 7.36. The average molecular weight is 398 g/mol. The quantitative estimate of drug-likeness (QED) is 0.410. The van der Waals surface area contributed by atoms with Crippen LogP contribution in [0.15, 0.2) is 67.6 Å². The Labute approximate surface area is 150 Å². The summed E-state index contributed by atoms with van der Waals surface area (Å²) in [5.41, 5.74) is 3.73. The third kappa shape index (κ3) is 2.81. The molecule has 0 N–H and O–H groups in total. The van der Waals surface area contributed by atoms with Crippen molar-refractivity contribution in [3.63, 3.8) is 0 Å². The summed E-state index contributed by atoms with van der Waals surface area (Å²) in [6.07, 6.45) is 0. The summed E-state index contributed by atoms with van der Waals surface area (Å²) in [7, 11) is 0. The second-order valence-electron chi connectivity index (χ2n) is 5.53. The maximum Gasteiger partial charge on any atom is 0.346 e. The van der Waals surface area contributed by atoms with Crippen molar-refractivity contribution in [1.29, 1.82) is 0 Å². The highest BCUT2D eigenvalue weighted by Crippen LogP contribution is 2.29. The summed E-state index contributed by atoms with van der Waals surface area (Å²) >= 11 is 4.87. The second-order valence-corrected chi connectivity index (χ2v) is 7.31. The molecular formula is C19H12BrNO2S. The molecule has 0 saturated heterocycles. The molecular weight excluding hydrogens is 386 g/mol. The molecule has 0 aliphatic carbocycles. The lowest BCUT2D eigenvalue weighted by Crippen LogP contribution is -2.02. The maximum absolute atomic E-state index is 12.3. The van der Waals surface area contributed by atoms with Crippen LogP contribution in [0.25, 0.3) is 32.8 Å². The fraction of sp³-hybridized carbons (Fsp3) is 0.0526. The molecule has 0 spiro atoms. The minimum atomic E-state index is -0.358. The summed E-state index contributed by atoms with van der Waals surface area (Å²) in [6, 6.07) is 15.6. The zero-order chi connectivity index (χ0) is 16.7. The van der Waals surface area contributed by atoms with Crippen molar-refractivity contribution in [2.45, 2.75) is 6.92 Å². The van der Waals surface area contributed by atoms with Crippen LogP contribution in [0.5, 0.6) is 0 Å². The third-order valence-corrected chi connectivity index (χ3v) is 5.17. The maximum atomic E-state index is 12.3. The van der Waals surface area contributed by atoms with E-state index in [0.29, 0.717) is 16.2 Å². The van der Waals surface area contributed by atoms with Gasteiger partial charge in [0.15, 0.2) is 0 Å². The van der Waals surface area contributed by atoms with Crippen LogP contribution in [-0.4, -0.2) is 4.98 Å². The number of fused-ring (bicyclic) bond motifs is 1. The van der Waals surface area contributed by atoms with E-state index in [0.717, 1.165) is 26.7 Å². The van der Waals surface area contributed by atoms with Gasteiger partial charge in [0.1, 0.15) is 10.6 Å². The molecule has 24 heavy (non-hydrogen) atoms. The Hall–Kier alpha value is -2.24. The first-order chi connectivity index (χ1) is 11.6. The van der Waals surface area contributed by atoms with Crippen molar-refractivity contribution in [2.24, 2.45) is 0 Å². The van der Waals surface area contributed by atoms with E-state index in [1.54, 1.807) is 0 Å². The van der Waals surface area contributed by atoms with Crippen LogP contribution in [0.2, 0.25) is 0 Å². The van der Waals surface area contributed by atoms with E-state index in [-0.39, 0.29) is 5.63 Å². The summed E-state index contributed by atoms with van der Waals surface area (Å²) in [5, 5.41) is 3.54. The first kappa shape index (κ1) is 15.3. The molecule has 0 bridgehead atoms. The number of halogens is 1. The van der Waals surface area contributed by atoms with Crippen LogP contribution >= 0.6 is 27.3 Å². The molecule has 0 saturated carbocycles. The van der Waals surface area contributed by atoms with E-state index in [1.807, 2.05) is 60.8 Å². The number of hydrogen-bond donors (Lipinski definition) is 0. The lowest BCUT2D eigenvalue weighted by molar-refractivity contribution is 0.563. The van der Waals surface area contributed by atoms with Crippen molar-refractivity contribution in [3.8, 4) is 21.8 Å². The molecule has 0 unspecified atom stereocenters. The van der Waals surface area contributed by atoms with Crippen LogP contribution in [-0.2, 0) is 0 Å². The SMILES string of the molecule is Cc1ccc2oc(=O)c(-c3nc(-c4ccc(Br)cc4)cs3)cc2c1. The van der Waals surface area contributed by atoms with Crippen molar-refractivity contribution in [3.05, 3.63) is 74.4 Å². The van der Waals surface area contributed by atoms with Crippen LogP contribution < -0.4 is 5.63 Å². The minimum absolute atomic E-state index is 0.358. The summed E-state index contributed by atoms with van der Waals surface area (Å²) in [4.78, 5) is 16.9.